The van der Waals surface area contributed by atoms with Crippen LogP contribution in [-0.4, -0.2) is 16.3 Å². The van der Waals surface area contributed by atoms with Gasteiger partial charge in [-0.2, -0.15) is 5.10 Å². The molecule has 1 unspecified atom stereocenters. The summed E-state index contributed by atoms with van der Waals surface area (Å²) < 4.78 is 2.21. The molecule has 0 bridgehead atoms. The number of rotatable bonds is 2. The summed E-state index contributed by atoms with van der Waals surface area (Å²) in [7, 11) is 0. The maximum absolute atomic E-state index is 4.78. The summed E-state index contributed by atoms with van der Waals surface area (Å²) in [6.45, 7) is 8.43. The number of hydrogen-bond donors (Lipinski definition) is 1. The van der Waals surface area contributed by atoms with Gasteiger partial charge in [0.05, 0.1) is 11.7 Å². The second-order valence-corrected chi connectivity index (χ2v) is 5.29. The number of nitrogens with one attached hydrogen (secondary N) is 1. The van der Waals surface area contributed by atoms with E-state index in [1.165, 1.54) is 28.1 Å². The van der Waals surface area contributed by atoms with Crippen LogP contribution in [0.3, 0.4) is 0 Å². The molecule has 0 spiro atoms. The zero-order valence-electron chi connectivity index (χ0n) is 11.9. The third-order valence-corrected chi connectivity index (χ3v) is 4.19. The predicted molar refractivity (Wildman–Crippen MR) is 77.4 cm³/mol. The first-order valence-corrected chi connectivity index (χ1v) is 7.05. The van der Waals surface area contributed by atoms with E-state index in [2.05, 4.69) is 55.0 Å². The third kappa shape index (κ3) is 1.98. The zero-order chi connectivity index (χ0) is 13.4. The van der Waals surface area contributed by atoms with E-state index in [9.17, 15) is 0 Å². The van der Waals surface area contributed by atoms with Gasteiger partial charge in [0.25, 0.3) is 0 Å². The van der Waals surface area contributed by atoms with Gasteiger partial charge in [-0.25, -0.2) is 0 Å². The minimum absolute atomic E-state index is 0.323. The van der Waals surface area contributed by atoms with Crippen molar-refractivity contribution < 1.29 is 0 Å². The fourth-order valence-electron chi connectivity index (χ4n) is 3.20. The molecule has 1 aliphatic heterocycles. The molecule has 1 aromatic heterocycles. The highest BCUT2D eigenvalue weighted by Gasteiger charge is 2.24. The first-order chi connectivity index (χ1) is 9.22. The molecular weight excluding hydrogens is 234 g/mol. The van der Waals surface area contributed by atoms with Crippen molar-refractivity contribution in [2.24, 2.45) is 0 Å². The summed E-state index contributed by atoms with van der Waals surface area (Å²) in [5, 5.41) is 8.28. The van der Waals surface area contributed by atoms with Gasteiger partial charge in [-0.3, -0.25) is 4.68 Å². The van der Waals surface area contributed by atoms with Gasteiger partial charge >= 0.3 is 0 Å². The molecule has 19 heavy (non-hydrogen) atoms. The van der Waals surface area contributed by atoms with Gasteiger partial charge in [0.2, 0.25) is 0 Å². The minimum Gasteiger partial charge on any atom is -0.310 e. The van der Waals surface area contributed by atoms with Crippen molar-refractivity contribution in [3.05, 3.63) is 52.3 Å². The van der Waals surface area contributed by atoms with E-state index in [-0.39, 0.29) is 0 Å². The number of hydrogen-bond acceptors (Lipinski definition) is 2. The molecule has 0 saturated heterocycles. The second kappa shape index (κ2) is 4.82. The largest absolute Gasteiger partial charge is 0.310 e. The van der Waals surface area contributed by atoms with Gasteiger partial charge in [0.15, 0.2) is 0 Å². The van der Waals surface area contributed by atoms with Crippen molar-refractivity contribution in [2.45, 2.75) is 39.8 Å². The Labute approximate surface area is 114 Å². The number of aromatic nitrogens is 2. The van der Waals surface area contributed by atoms with E-state index < -0.39 is 0 Å². The Balaban J connectivity index is 2.09. The van der Waals surface area contributed by atoms with Crippen LogP contribution in [-0.2, 0) is 13.0 Å². The molecule has 0 radical (unpaired) electrons. The summed E-state index contributed by atoms with van der Waals surface area (Å²) in [4.78, 5) is 0. The minimum atomic E-state index is 0.323. The standard InChI is InChI=1S/C16H21N3/c1-4-14-11(2)18-19(12(14)3)16-10-17-9-13-7-5-6-8-15(13)16/h5-8,16-17H,4,9-10H2,1-3H3. The fraction of sp³-hybridized carbons (Fsp3) is 0.438. The molecule has 0 aliphatic carbocycles. The van der Waals surface area contributed by atoms with Gasteiger partial charge in [0, 0.05) is 18.8 Å². The molecule has 0 amide bonds. The van der Waals surface area contributed by atoms with Gasteiger partial charge in [-0.15, -0.1) is 0 Å². The van der Waals surface area contributed by atoms with Crippen molar-refractivity contribution in [1.29, 1.82) is 0 Å². The van der Waals surface area contributed by atoms with Crippen molar-refractivity contribution >= 4 is 0 Å². The average Bonchev–Trinajstić information content (AvgIpc) is 2.72. The number of aryl methyl sites for hydroxylation is 1. The van der Waals surface area contributed by atoms with Crippen LogP contribution in [0.4, 0.5) is 0 Å². The lowest BCUT2D eigenvalue weighted by atomic mass is 9.96. The smallest absolute Gasteiger partial charge is 0.0899 e. The molecule has 1 aromatic carbocycles. The Morgan fingerprint density at radius 1 is 1.32 bits per heavy atom. The Morgan fingerprint density at radius 2 is 2.11 bits per heavy atom. The van der Waals surface area contributed by atoms with Crippen LogP contribution in [0.15, 0.2) is 24.3 Å². The number of benzene rings is 1. The van der Waals surface area contributed by atoms with Crippen LogP contribution in [0.2, 0.25) is 0 Å². The Hall–Kier alpha value is -1.61. The lowest BCUT2D eigenvalue weighted by Gasteiger charge is -2.27. The molecule has 100 valence electrons. The molecule has 3 nitrogen and oxygen atoms in total. The Bertz CT molecular complexity index is 598. The van der Waals surface area contributed by atoms with Gasteiger partial charge in [-0.1, -0.05) is 31.2 Å². The highest BCUT2D eigenvalue weighted by molar-refractivity contribution is 5.34. The fourth-order valence-corrected chi connectivity index (χ4v) is 3.20. The molecule has 1 atom stereocenters. The van der Waals surface area contributed by atoms with Crippen molar-refractivity contribution in [1.82, 2.24) is 15.1 Å². The number of fused-ring (bicyclic) bond motifs is 1. The molecular formula is C16H21N3. The first kappa shape index (κ1) is 12.4. The average molecular weight is 255 g/mol. The van der Waals surface area contributed by atoms with Crippen LogP contribution in [0.5, 0.6) is 0 Å². The van der Waals surface area contributed by atoms with E-state index >= 15 is 0 Å². The first-order valence-electron chi connectivity index (χ1n) is 7.05. The Kier molecular flexibility index (Phi) is 3.15. The van der Waals surface area contributed by atoms with Crippen LogP contribution in [0, 0.1) is 13.8 Å². The van der Waals surface area contributed by atoms with Gasteiger partial charge < -0.3 is 5.32 Å². The molecule has 1 aliphatic rings. The zero-order valence-corrected chi connectivity index (χ0v) is 11.9. The van der Waals surface area contributed by atoms with E-state index in [4.69, 9.17) is 5.10 Å². The van der Waals surface area contributed by atoms with Crippen LogP contribution in [0.25, 0.3) is 0 Å². The van der Waals surface area contributed by atoms with Crippen molar-refractivity contribution in [3.63, 3.8) is 0 Å². The second-order valence-electron chi connectivity index (χ2n) is 5.29. The maximum Gasteiger partial charge on any atom is 0.0899 e. The summed E-state index contributed by atoms with van der Waals surface area (Å²) >= 11 is 0. The van der Waals surface area contributed by atoms with Gasteiger partial charge in [0.1, 0.15) is 0 Å². The van der Waals surface area contributed by atoms with Crippen LogP contribution in [0.1, 0.15) is 41.0 Å². The molecule has 0 fully saturated rings. The lowest BCUT2D eigenvalue weighted by Crippen LogP contribution is -2.33. The molecule has 0 saturated carbocycles. The summed E-state index contributed by atoms with van der Waals surface area (Å²) in [5.74, 6) is 0. The van der Waals surface area contributed by atoms with Gasteiger partial charge in [-0.05, 0) is 37.0 Å². The summed E-state index contributed by atoms with van der Waals surface area (Å²) in [5.41, 5.74) is 6.67. The number of nitrogens with zero attached hydrogens (tertiary/aromatic N) is 2. The normalized spacial score (nSPS) is 18.4. The summed E-state index contributed by atoms with van der Waals surface area (Å²) in [6.07, 6.45) is 1.06. The lowest BCUT2D eigenvalue weighted by molar-refractivity contribution is 0.442. The predicted octanol–water partition coefficient (Wildman–Crippen LogP) is 2.75. The SMILES string of the molecule is CCc1c(C)nn(C2CNCc3ccccc32)c1C. The maximum atomic E-state index is 4.78. The van der Waals surface area contributed by atoms with Crippen LogP contribution < -0.4 is 5.32 Å². The monoisotopic (exact) mass is 255 g/mol. The van der Waals surface area contributed by atoms with Crippen LogP contribution >= 0.6 is 0 Å². The molecule has 3 heteroatoms. The summed E-state index contributed by atoms with van der Waals surface area (Å²) in [6, 6.07) is 9.01. The quantitative estimate of drug-likeness (QED) is 0.894. The molecule has 1 N–H and O–H groups in total. The topological polar surface area (TPSA) is 29.9 Å². The van der Waals surface area contributed by atoms with E-state index in [0.717, 1.165) is 19.5 Å². The highest BCUT2D eigenvalue weighted by Crippen LogP contribution is 2.28. The van der Waals surface area contributed by atoms with E-state index in [1.54, 1.807) is 0 Å². The van der Waals surface area contributed by atoms with Crippen molar-refractivity contribution in [3.8, 4) is 0 Å². The van der Waals surface area contributed by atoms with E-state index in [0.29, 0.717) is 6.04 Å². The Morgan fingerprint density at radius 3 is 2.84 bits per heavy atom. The van der Waals surface area contributed by atoms with Crippen molar-refractivity contribution in [2.75, 3.05) is 6.54 Å². The molecule has 3 rings (SSSR count). The van der Waals surface area contributed by atoms with E-state index in [1.807, 2.05) is 0 Å². The highest BCUT2D eigenvalue weighted by atomic mass is 15.3. The molecule has 2 heterocycles. The molecule has 2 aromatic rings. The third-order valence-electron chi connectivity index (χ3n) is 4.19.